The van der Waals surface area contributed by atoms with Crippen LogP contribution in [-0.4, -0.2) is 10.5 Å². The third-order valence-corrected chi connectivity index (χ3v) is 1.76. The highest BCUT2D eigenvalue weighted by atomic mass is 16.1. The number of primary amides is 1. The van der Waals surface area contributed by atoms with Crippen LogP contribution < -0.4 is 10.3 Å². The molecule has 13 heavy (non-hydrogen) atoms. The van der Waals surface area contributed by atoms with Gasteiger partial charge in [-0.25, -0.2) is 9.13 Å². The molecular weight excluding hydrogens is 166 g/mol. The van der Waals surface area contributed by atoms with Gasteiger partial charge < -0.3 is 5.73 Å². The van der Waals surface area contributed by atoms with Crippen LogP contribution in [0.2, 0.25) is 0 Å². The van der Waals surface area contributed by atoms with Crippen LogP contribution in [0.15, 0.2) is 25.3 Å². The molecule has 1 rings (SSSR count). The van der Waals surface area contributed by atoms with E-state index >= 15 is 0 Å². The number of imidazole rings is 1. The van der Waals surface area contributed by atoms with Crippen LogP contribution in [0.5, 0.6) is 0 Å². The molecule has 0 atom stereocenters. The summed E-state index contributed by atoms with van der Waals surface area (Å²) in [5.74, 6) is -0.247. The highest BCUT2D eigenvalue weighted by Gasteiger charge is 2.01. The van der Waals surface area contributed by atoms with Crippen LogP contribution in [0.25, 0.3) is 6.20 Å². The molecule has 0 saturated carbocycles. The summed E-state index contributed by atoms with van der Waals surface area (Å²) < 4.78 is 3.84. The molecule has 0 bridgehead atoms. The van der Waals surface area contributed by atoms with E-state index in [9.17, 15) is 4.79 Å². The van der Waals surface area contributed by atoms with E-state index < -0.39 is 0 Å². The number of hydrogen-bond acceptors (Lipinski definition) is 1. The lowest BCUT2D eigenvalue weighted by Crippen LogP contribution is -2.31. The second kappa shape index (κ2) is 4.45. The molecule has 0 aliphatic carbocycles. The van der Waals surface area contributed by atoms with Crippen LogP contribution >= 0.6 is 0 Å². The lowest BCUT2D eigenvalue weighted by atomic mass is 10.3. The monoisotopic (exact) mass is 180 g/mol. The average Bonchev–Trinajstić information content (AvgIpc) is 2.52. The summed E-state index contributed by atoms with van der Waals surface area (Å²) in [7, 11) is 0. The number of carbonyl (C=O) groups is 1. The van der Waals surface area contributed by atoms with E-state index in [1.54, 1.807) is 6.20 Å². The van der Waals surface area contributed by atoms with Crippen LogP contribution in [0.3, 0.4) is 0 Å². The summed E-state index contributed by atoms with van der Waals surface area (Å²) >= 11 is 0. The van der Waals surface area contributed by atoms with Gasteiger partial charge in [-0.2, -0.15) is 0 Å². The van der Waals surface area contributed by atoms with Crippen molar-refractivity contribution in [2.45, 2.75) is 19.4 Å². The van der Waals surface area contributed by atoms with Crippen LogP contribution in [0.1, 0.15) is 12.8 Å². The lowest BCUT2D eigenvalue weighted by Gasteiger charge is -1.93. The fraction of sp³-hybridized carbons (Fsp3) is 0.333. The Morgan fingerprint density at radius 2 is 2.46 bits per heavy atom. The first-order valence-electron chi connectivity index (χ1n) is 4.20. The Hall–Kier alpha value is -1.58. The Kier molecular flexibility index (Phi) is 3.25. The minimum absolute atomic E-state index is 0.247. The molecule has 0 radical (unpaired) electrons. The lowest BCUT2D eigenvalue weighted by molar-refractivity contribution is -0.696. The van der Waals surface area contributed by atoms with Gasteiger partial charge in [0.15, 0.2) is 0 Å². The number of nitrogens with two attached hydrogens (primary N) is 1. The van der Waals surface area contributed by atoms with Gasteiger partial charge in [0.2, 0.25) is 12.2 Å². The Morgan fingerprint density at radius 1 is 1.69 bits per heavy atom. The predicted molar refractivity (Wildman–Crippen MR) is 49.4 cm³/mol. The van der Waals surface area contributed by atoms with E-state index in [-0.39, 0.29) is 5.91 Å². The van der Waals surface area contributed by atoms with E-state index in [1.807, 2.05) is 27.9 Å². The van der Waals surface area contributed by atoms with Crippen molar-refractivity contribution in [3.8, 4) is 0 Å². The number of amides is 1. The molecule has 0 aliphatic heterocycles. The third-order valence-electron chi connectivity index (χ3n) is 1.76. The minimum Gasteiger partial charge on any atom is -0.370 e. The minimum atomic E-state index is -0.247. The van der Waals surface area contributed by atoms with E-state index in [0.717, 1.165) is 13.0 Å². The van der Waals surface area contributed by atoms with Gasteiger partial charge in [-0.1, -0.05) is 6.58 Å². The standard InChI is InChI=1S/C9H13N3O/c1-2-11-6-7-12(8-11)5-3-4-9(10)13/h2,6-8H,1,3-5H2,(H-,10,13)/p+1. The van der Waals surface area contributed by atoms with Crippen molar-refractivity contribution >= 4 is 12.1 Å². The summed E-state index contributed by atoms with van der Waals surface area (Å²) in [4.78, 5) is 10.4. The molecule has 0 aliphatic rings. The maximum atomic E-state index is 10.4. The van der Waals surface area contributed by atoms with E-state index in [1.165, 1.54) is 0 Å². The number of nitrogens with zero attached hydrogens (tertiary/aromatic N) is 2. The Bertz CT molecular complexity index is 304. The Morgan fingerprint density at radius 3 is 3.00 bits per heavy atom. The fourth-order valence-corrected chi connectivity index (χ4v) is 1.09. The molecule has 1 aromatic heterocycles. The van der Waals surface area contributed by atoms with Gasteiger partial charge in [0.05, 0.1) is 12.7 Å². The summed E-state index contributed by atoms with van der Waals surface area (Å²) in [6.45, 7) is 4.44. The van der Waals surface area contributed by atoms with Crippen molar-refractivity contribution in [1.82, 2.24) is 4.57 Å². The Labute approximate surface area is 77.3 Å². The summed E-state index contributed by atoms with van der Waals surface area (Å²) in [6, 6.07) is 0. The van der Waals surface area contributed by atoms with Crippen molar-refractivity contribution in [1.29, 1.82) is 0 Å². The molecule has 0 saturated heterocycles. The topological polar surface area (TPSA) is 51.9 Å². The molecule has 4 heteroatoms. The van der Waals surface area contributed by atoms with Crippen molar-refractivity contribution in [2.75, 3.05) is 0 Å². The number of carbonyl (C=O) groups excluding carboxylic acids is 1. The van der Waals surface area contributed by atoms with Gasteiger partial charge in [0, 0.05) is 6.42 Å². The number of rotatable bonds is 5. The summed E-state index contributed by atoms with van der Waals surface area (Å²) in [5.41, 5.74) is 5.02. The highest BCUT2D eigenvalue weighted by Crippen LogP contribution is 1.89. The second-order valence-corrected chi connectivity index (χ2v) is 2.85. The van der Waals surface area contributed by atoms with E-state index in [2.05, 4.69) is 6.58 Å². The molecule has 0 unspecified atom stereocenters. The van der Waals surface area contributed by atoms with Crippen LogP contribution in [0, 0.1) is 0 Å². The molecule has 70 valence electrons. The molecule has 1 heterocycles. The maximum Gasteiger partial charge on any atom is 0.248 e. The predicted octanol–water partition coefficient (Wildman–Crippen LogP) is 0.142. The molecule has 1 aromatic rings. The van der Waals surface area contributed by atoms with Gasteiger partial charge in [-0.3, -0.25) is 4.79 Å². The summed E-state index contributed by atoms with van der Waals surface area (Å²) in [5, 5.41) is 0. The van der Waals surface area contributed by atoms with Gasteiger partial charge in [0.1, 0.15) is 12.4 Å². The maximum absolute atomic E-state index is 10.4. The first kappa shape index (κ1) is 9.51. The number of aryl methyl sites for hydroxylation is 1. The smallest absolute Gasteiger partial charge is 0.248 e. The average molecular weight is 180 g/mol. The molecule has 1 amide bonds. The molecule has 0 fully saturated rings. The van der Waals surface area contributed by atoms with Crippen molar-refractivity contribution < 1.29 is 9.36 Å². The largest absolute Gasteiger partial charge is 0.370 e. The molecule has 0 aromatic carbocycles. The van der Waals surface area contributed by atoms with Crippen LogP contribution in [0.4, 0.5) is 0 Å². The zero-order valence-corrected chi connectivity index (χ0v) is 7.52. The zero-order valence-electron chi connectivity index (χ0n) is 7.52. The van der Waals surface area contributed by atoms with Crippen LogP contribution in [-0.2, 0) is 11.3 Å². The normalized spacial score (nSPS) is 9.85. The van der Waals surface area contributed by atoms with Crippen molar-refractivity contribution in [3.05, 3.63) is 25.3 Å². The van der Waals surface area contributed by atoms with Gasteiger partial charge >= 0.3 is 0 Å². The molecule has 4 nitrogen and oxygen atoms in total. The first-order valence-corrected chi connectivity index (χ1v) is 4.20. The van der Waals surface area contributed by atoms with E-state index in [0.29, 0.717) is 6.42 Å². The number of hydrogen-bond donors (Lipinski definition) is 1. The van der Waals surface area contributed by atoms with Crippen molar-refractivity contribution in [2.24, 2.45) is 5.73 Å². The molecule has 2 N–H and O–H groups in total. The summed E-state index contributed by atoms with van der Waals surface area (Å²) in [6.07, 6.45) is 8.67. The van der Waals surface area contributed by atoms with Gasteiger partial charge in [-0.15, -0.1) is 0 Å². The second-order valence-electron chi connectivity index (χ2n) is 2.85. The first-order chi connectivity index (χ1) is 6.22. The number of aromatic nitrogens is 2. The fourth-order valence-electron chi connectivity index (χ4n) is 1.09. The molecule has 0 spiro atoms. The van der Waals surface area contributed by atoms with E-state index in [4.69, 9.17) is 5.73 Å². The molecular formula is C9H14N3O+. The van der Waals surface area contributed by atoms with Gasteiger partial charge in [-0.05, 0) is 6.42 Å². The Balaban J connectivity index is 2.36. The van der Waals surface area contributed by atoms with Gasteiger partial charge in [0.25, 0.3) is 0 Å². The highest BCUT2D eigenvalue weighted by molar-refractivity contribution is 5.73. The third kappa shape index (κ3) is 3.11. The van der Waals surface area contributed by atoms with Crippen molar-refractivity contribution in [3.63, 3.8) is 0 Å². The SMILES string of the molecule is C=Cn1cc[n+](CCCC(N)=O)c1. The quantitative estimate of drug-likeness (QED) is 0.644. The zero-order chi connectivity index (χ0) is 9.68.